The van der Waals surface area contributed by atoms with E-state index in [9.17, 15) is 17.3 Å². The standard InChI is InChI=1S/C10H20N2.C4H6N2.BF4/c1-3-4-5-6-7-12-9-8-11(2)10-12;1-4-5-2-3-6-4;2-1(3,4)5/h8-9H,3-7,10H2,1-2H3;2-3H,1H3,(H,5,6);/q;;-1. The number of nitrogens with zero attached hydrogens (tertiary/aromatic N) is 3. The van der Waals surface area contributed by atoms with Gasteiger partial charge in [-0.25, -0.2) is 4.98 Å². The molecule has 1 N–H and O–H groups in total. The molecule has 23 heavy (non-hydrogen) atoms. The fourth-order valence-corrected chi connectivity index (χ4v) is 1.82. The first kappa shape index (κ1) is 21.3. The number of imidazole rings is 1. The van der Waals surface area contributed by atoms with Crippen molar-refractivity contribution in [2.24, 2.45) is 0 Å². The van der Waals surface area contributed by atoms with Gasteiger partial charge in [-0.05, 0) is 13.3 Å². The van der Waals surface area contributed by atoms with Crippen molar-refractivity contribution < 1.29 is 17.3 Å². The van der Waals surface area contributed by atoms with Crippen LogP contribution >= 0.6 is 0 Å². The molecule has 4 nitrogen and oxygen atoms in total. The van der Waals surface area contributed by atoms with Gasteiger partial charge in [0.15, 0.2) is 0 Å². The highest BCUT2D eigenvalue weighted by molar-refractivity contribution is 6.50. The third-order valence-corrected chi connectivity index (χ3v) is 2.87. The molecule has 0 atom stereocenters. The third-order valence-electron chi connectivity index (χ3n) is 2.87. The van der Waals surface area contributed by atoms with Crippen LogP contribution in [0.1, 0.15) is 38.4 Å². The summed E-state index contributed by atoms with van der Waals surface area (Å²) in [6, 6.07) is 0. The molecule has 0 fully saturated rings. The summed E-state index contributed by atoms with van der Waals surface area (Å²) in [5, 5.41) is 0. The van der Waals surface area contributed by atoms with Crippen molar-refractivity contribution in [3.8, 4) is 0 Å². The van der Waals surface area contributed by atoms with Crippen LogP contribution in [-0.2, 0) is 0 Å². The van der Waals surface area contributed by atoms with E-state index in [0.717, 1.165) is 12.5 Å². The smallest absolute Gasteiger partial charge is 0.418 e. The number of hydrogen-bond donors (Lipinski definition) is 1. The molecular formula is C14H26BF4N4-. The summed E-state index contributed by atoms with van der Waals surface area (Å²) >= 11 is 0. The van der Waals surface area contributed by atoms with Gasteiger partial charge in [-0.1, -0.05) is 26.2 Å². The van der Waals surface area contributed by atoms with E-state index < -0.39 is 7.25 Å². The highest BCUT2D eigenvalue weighted by Crippen LogP contribution is 2.07. The van der Waals surface area contributed by atoms with Crippen LogP contribution in [0.3, 0.4) is 0 Å². The van der Waals surface area contributed by atoms with Gasteiger partial charge in [-0.3, -0.25) is 0 Å². The van der Waals surface area contributed by atoms with Gasteiger partial charge in [0, 0.05) is 38.4 Å². The largest absolute Gasteiger partial charge is 0.673 e. The number of halogens is 4. The summed E-state index contributed by atoms with van der Waals surface area (Å²) in [6.45, 7) is 6.47. The van der Waals surface area contributed by atoms with Gasteiger partial charge in [0.2, 0.25) is 0 Å². The average Bonchev–Trinajstić information content (AvgIpc) is 3.05. The number of nitrogens with one attached hydrogen (secondary N) is 1. The fourth-order valence-electron chi connectivity index (χ4n) is 1.82. The van der Waals surface area contributed by atoms with E-state index in [2.05, 4.69) is 46.1 Å². The Morgan fingerprint density at radius 3 is 2.17 bits per heavy atom. The molecule has 0 unspecified atom stereocenters. The molecule has 0 aliphatic carbocycles. The summed E-state index contributed by atoms with van der Waals surface area (Å²) in [4.78, 5) is 11.3. The minimum absolute atomic E-state index is 0.968. The van der Waals surface area contributed by atoms with E-state index in [0.29, 0.717) is 0 Å². The predicted octanol–water partition coefficient (Wildman–Crippen LogP) is 4.26. The van der Waals surface area contributed by atoms with Crippen LogP contribution < -0.4 is 0 Å². The van der Waals surface area contributed by atoms with Crippen molar-refractivity contribution >= 4 is 7.25 Å². The quantitative estimate of drug-likeness (QED) is 0.495. The number of rotatable bonds is 5. The van der Waals surface area contributed by atoms with E-state index in [1.54, 1.807) is 12.4 Å². The summed E-state index contributed by atoms with van der Waals surface area (Å²) in [6.07, 6.45) is 13.3. The average molecular weight is 337 g/mol. The molecular weight excluding hydrogens is 311 g/mol. The van der Waals surface area contributed by atoms with E-state index in [-0.39, 0.29) is 0 Å². The second kappa shape index (κ2) is 11.8. The minimum Gasteiger partial charge on any atom is -0.418 e. The molecule has 0 radical (unpaired) electrons. The maximum absolute atomic E-state index is 9.75. The van der Waals surface area contributed by atoms with Crippen molar-refractivity contribution in [3.63, 3.8) is 0 Å². The van der Waals surface area contributed by atoms with Gasteiger partial charge in [0.1, 0.15) is 5.82 Å². The number of H-pyrrole nitrogens is 1. The SMILES string of the molecule is CCCCCCN1C=CN(C)C1.Cc1ncc[nH]1.F[B-](F)(F)F. The Hall–Kier alpha value is -1.67. The summed E-state index contributed by atoms with van der Waals surface area (Å²) in [5.74, 6) is 0.968. The van der Waals surface area contributed by atoms with Crippen LogP contribution in [-0.4, -0.2) is 47.3 Å². The Kier molecular flexibility index (Phi) is 11.0. The molecule has 0 amide bonds. The molecule has 2 rings (SSSR count). The van der Waals surface area contributed by atoms with Crippen LogP contribution in [0.15, 0.2) is 24.8 Å². The number of aryl methyl sites for hydroxylation is 1. The van der Waals surface area contributed by atoms with E-state index in [1.807, 2.05) is 6.92 Å². The zero-order valence-corrected chi connectivity index (χ0v) is 14.0. The van der Waals surface area contributed by atoms with E-state index in [1.165, 1.54) is 32.2 Å². The lowest BCUT2D eigenvalue weighted by atomic mass is 10.2. The van der Waals surface area contributed by atoms with Crippen molar-refractivity contribution in [1.82, 2.24) is 19.8 Å². The summed E-state index contributed by atoms with van der Waals surface area (Å²) in [7, 11) is -3.89. The molecule has 134 valence electrons. The first-order chi connectivity index (χ1) is 10.7. The number of hydrogen-bond acceptors (Lipinski definition) is 3. The van der Waals surface area contributed by atoms with E-state index >= 15 is 0 Å². The van der Waals surface area contributed by atoms with Crippen molar-refractivity contribution in [1.29, 1.82) is 0 Å². The predicted molar refractivity (Wildman–Crippen MR) is 86.1 cm³/mol. The lowest BCUT2D eigenvalue weighted by Gasteiger charge is -2.17. The van der Waals surface area contributed by atoms with Crippen LogP contribution in [0.5, 0.6) is 0 Å². The lowest BCUT2D eigenvalue weighted by Crippen LogP contribution is -2.23. The number of unbranched alkanes of at least 4 members (excludes halogenated alkanes) is 3. The third kappa shape index (κ3) is 16.5. The Bertz CT molecular complexity index is 403. The monoisotopic (exact) mass is 337 g/mol. The second-order valence-electron chi connectivity index (χ2n) is 5.24. The molecule has 9 heteroatoms. The number of aromatic nitrogens is 2. The Labute approximate surface area is 135 Å². The normalized spacial score (nSPS) is 13.3. The maximum Gasteiger partial charge on any atom is 0.673 e. The zero-order valence-electron chi connectivity index (χ0n) is 14.0. The van der Waals surface area contributed by atoms with Gasteiger partial charge in [-0.15, -0.1) is 0 Å². The molecule has 1 aromatic rings. The Balaban J connectivity index is 0.000000367. The van der Waals surface area contributed by atoms with E-state index in [4.69, 9.17) is 0 Å². The minimum atomic E-state index is -6.00. The van der Waals surface area contributed by atoms with Crippen LogP contribution in [0, 0.1) is 6.92 Å². The van der Waals surface area contributed by atoms with Crippen molar-refractivity contribution in [3.05, 3.63) is 30.6 Å². The van der Waals surface area contributed by atoms with Gasteiger partial charge in [0.25, 0.3) is 0 Å². The van der Waals surface area contributed by atoms with Gasteiger partial charge in [0.05, 0.1) is 6.67 Å². The highest BCUT2D eigenvalue weighted by atomic mass is 19.5. The molecule has 0 bridgehead atoms. The maximum atomic E-state index is 9.75. The van der Waals surface area contributed by atoms with Gasteiger partial charge in [-0.2, -0.15) is 0 Å². The molecule has 1 aromatic heterocycles. The molecule has 1 aliphatic heterocycles. The molecule has 0 saturated carbocycles. The van der Waals surface area contributed by atoms with Crippen molar-refractivity contribution in [2.45, 2.75) is 39.5 Å². The van der Waals surface area contributed by atoms with Crippen LogP contribution in [0.4, 0.5) is 17.3 Å². The summed E-state index contributed by atoms with van der Waals surface area (Å²) in [5.41, 5.74) is 0. The van der Waals surface area contributed by atoms with Gasteiger partial charge < -0.3 is 32.0 Å². The van der Waals surface area contributed by atoms with Crippen LogP contribution in [0.2, 0.25) is 0 Å². The van der Waals surface area contributed by atoms with Crippen molar-refractivity contribution in [2.75, 3.05) is 20.3 Å². The fraction of sp³-hybridized carbons (Fsp3) is 0.643. The molecule has 2 heterocycles. The summed E-state index contributed by atoms with van der Waals surface area (Å²) < 4.78 is 39.0. The first-order valence-corrected chi connectivity index (χ1v) is 7.68. The number of aromatic amines is 1. The molecule has 0 saturated heterocycles. The Morgan fingerprint density at radius 2 is 1.83 bits per heavy atom. The molecule has 1 aliphatic rings. The topological polar surface area (TPSA) is 35.2 Å². The first-order valence-electron chi connectivity index (χ1n) is 7.68. The van der Waals surface area contributed by atoms with Gasteiger partial charge >= 0.3 is 7.25 Å². The van der Waals surface area contributed by atoms with Crippen LogP contribution in [0.25, 0.3) is 0 Å². The lowest BCUT2D eigenvalue weighted by molar-refractivity contribution is 0.291. The Morgan fingerprint density at radius 1 is 1.17 bits per heavy atom. The molecule has 0 spiro atoms. The highest BCUT2D eigenvalue weighted by Gasteiger charge is 2.20. The zero-order chi connectivity index (χ0) is 17.7. The molecule has 0 aromatic carbocycles. The second-order valence-corrected chi connectivity index (χ2v) is 5.24.